The topological polar surface area (TPSA) is 37.4 Å². The SMILES string of the molecule is CC(C)CCN(C(=O)C1CCCCC1)c1ccccc1SC(=O)C(C)(C)C. The number of para-hydroxylation sites is 1. The molecule has 0 saturated heterocycles. The lowest BCUT2D eigenvalue weighted by Gasteiger charge is -2.31. The highest BCUT2D eigenvalue weighted by molar-refractivity contribution is 8.13. The van der Waals surface area contributed by atoms with Crippen LogP contribution in [-0.2, 0) is 9.59 Å². The molecule has 1 fully saturated rings. The summed E-state index contributed by atoms with van der Waals surface area (Å²) in [6.45, 7) is 10.9. The number of amides is 1. The van der Waals surface area contributed by atoms with Crippen LogP contribution >= 0.6 is 11.8 Å². The standard InChI is InChI=1S/C23H35NO2S/c1-17(2)15-16-24(21(25)18-11-7-6-8-12-18)19-13-9-10-14-20(19)27-22(26)23(3,4)5/h9-10,13-14,17-18H,6-8,11-12,15-16H2,1-5H3. The molecule has 0 aliphatic heterocycles. The second-order valence-electron chi connectivity index (χ2n) is 9.11. The molecule has 1 aliphatic carbocycles. The molecule has 1 amide bonds. The minimum Gasteiger partial charge on any atom is -0.311 e. The Balaban J connectivity index is 2.31. The third kappa shape index (κ3) is 6.38. The van der Waals surface area contributed by atoms with Crippen molar-refractivity contribution in [3.63, 3.8) is 0 Å². The molecule has 0 unspecified atom stereocenters. The fourth-order valence-corrected chi connectivity index (χ4v) is 4.26. The minimum atomic E-state index is -0.409. The number of anilines is 1. The Morgan fingerprint density at radius 3 is 2.33 bits per heavy atom. The number of thioether (sulfide) groups is 1. The van der Waals surface area contributed by atoms with Gasteiger partial charge in [0.05, 0.1) is 5.69 Å². The Morgan fingerprint density at radius 2 is 1.74 bits per heavy atom. The van der Waals surface area contributed by atoms with E-state index in [1.807, 2.05) is 49.9 Å². The summed E-state index contributed by atoms with van der Waals surface area (Å²) < 4.78 is 0. The summed E-state index contributed by atoms with van der Waals surface area (Å²) in [5.74, 6) is 0.900. The lowest BCUT2D eigenvalue weighted by atomic mass is 9.88. The van der Waals surface area contributed by atoms with Gasteiger partial charge in [0.1, 0.15) is 0 Å². The van der Waals surface area contributed by atoms with Gasteiger partial charge in [-0.05, 0) is 49.1 Å². The molecule has 0 spiro atoms. The van der Waals surface area contributed by atoms with Gasteiger partial charge in [-0.15, -0.1) is 0 Å². The molecule has 3 nitrogen and oxygen atoms in total. The predicted octanol–water partition coefficient (Wildman–Crippen LogP) is 6.31. The molecular formula is C23H35NO2S. The molecule has 0 N–H and O–H groups in total. The molecule has 150 valence electrons. The number of carbonyl (C=O) groups excluding carboxylic acids is 2. The van der Waals surface area contributed by atoms with Gasteiger partial charge in [0.2, 0.25) is 5.91 Å². The second-order valence-corrected chi connectivity index (χ2v) is 10.1. The Kier molecular flexibility index (Phi) is 7.96. The fraction of sp³-hybridized carbons (Fsp3) is 0.652. The largest absolute Gasteiger partial charge is 0.311 e. The third-order valence-electron chi connectivity index (χ3n) is 5.12. The maximum Gasteiger partial charge on any atom is 0.230 e. The molecule has 27 heavy (non-hydrogen) atoms. The van der Waals surface area contributed by atoms with Crippen LogP contribution in [0.3, 0.4) is 0 Å². The highest BCUT2D eigenvalue weighted by Crippen LogP contribution is 2.37. The van der Waals surface area contributed by atoms with E-state index in [0.717, 1.165) is 42.7 Å². The zero-order chi connectivity index (χ0) is 20.0. The van der Waals surface area contributed by atoms with Crippen LogP contribution in [-0.4, -0.2) is 17.6 Å². The lowest BCUT2D eigenvalue weighted by Crippen LogP contribution is -2.38. The third-order valence-corrected chi connectivity index (χ3v) is 6.48. The first-order chi connectivity index (χ1) is 12.7. The molecule has 1 saturated carbocycles. The van der Waals surface area contributed by atoms with Gasteiger partial charge in [0.15, 0.2) is 5.12 Å². The summed E-state index contributed by atoms with van der Waals surface area (Å²) in [4.78, 5) is 28.8. The van der Waals surface area contributed by atoms with Crippen LogP contribution in [0.15, 0.2) is 29.2 Å². The Hall–Kier alpha value is -1.29. The molecule has 1 aliphatic rings. The Bertz CT molecular complexity index is 642. The first-order valence-corrected chi connectivity index (χ1v) is 11.1. The van der Waals surface area contributed by atoms with Gasteiger partial charge in [-0.1, -0.05) is 66.0 Å². The number of hydrogen-bond acceptors (Lipinski definition) is 3. The maximum absolute atomic E-state index is 13.4. The zero-order valence-electron chi connectivity index (χ0n) is 17.6. The van der Waals surface area contributed by atoms with Crippen LogP contribution in [0.1, 0.15) is 73.1 Å². The second kappa shape index (κ2) is 9.77. The van der Waals surface area contributed by atoms with Crippen molar-refractivity contribution in [2.75, 3.05) is 11.4 Å². The Labute approximate surface area is 169 Å². The van der Waals surface area contributed by atoms with Gasteiger partial charge in [0, 0.05) is 22.8 Å². The van der Waals surface area contributed by atoms with E-state index in [1.54, 1.807) is 0 Å². The van der Waals surface area contributed by atoms with Crippen molar-refractivity contribution in [2.24, 2.45) is 17.3 Å². The van der Waals surface area contributed by atoms with Crippen LogP contribution in [0.25, 0.3) is 0 Å². The van der Waals surface area contributed by atoms with E-state index in [-0.39, 0.29) is 16.9 Å². The number of hydrogen-bond donors (Lipinski definition) is 0. The van der Waals surface area contributed by atoms with Crippen LogP contribution in [0, 0.1) is 17.3 Å². The highest BCUT2D eigenvalue weighted by atomic mass is 32.2. The molecule has 0 bridgehead atoms. The quantitative estimate of drug-likeness (QED) is 0.535. The van der Waals surface area contributed by atoms with E-state index in [1.165, 1.54) is 18.2 Å². The summed E-state index contributed by atoms with van der Waals surface area (Å²) in [5, 5.41) is 0.129. The van der Waals surface area contributed by atoms with Crippen molar-refractivity contribution in [1.82, 2.24) is 0 Å². The van der Waals surface area contributed by atoms with Crippen molar-refractivity contribution in [1.29, 1.82) is 0 Å². The van der Waals surface area contributed by atoms with Crippen molar-refractivity contribution < 1.29 is 9.59 Å². The van der Waals surface area contributed by atoms with Crippen molar-refractivity contribution in [2.45, 2.75) is 78.0 Å². The first-order valence-electron chi connectivity index (χ1n) is 10.3. The van der Waals surface area contributed by atoms with E-state index < -0.39 is 5.41 Å². The zero-order valence-corrected chi connectivity index (χ0v) is 18.4. The predicted molar refractivity (Wildman–Crippen MR) is 115 cm³/mol. The normalized spacial score (nSPS) is 15.8. The minimum absolute atomic E-state index is 0.127. The number of benzene rings is 1. The fourth-order valence-electron chi connectivity index (χ4n) is 3.33. The van der Waals surface area contributed by atoms with Crippen LogP contribution in [0.2, 0.25) is 0 Å². The van der Waals surface area contributed by atoms with Gasteiger partial charge < -0.3 is 4.90 Å². The summed E-state index contributed by atoms with van der Waals surface area (Å²) in [5.41, 5.74) is 0.491. The average molecular weight is 390 g/mol. The molecule has 0 aromatic heterocycles. The van der Waals surface area contributed by atoms with Crippen molar-refractivity contribution in [3.05, 3.63) is 24.3 Å². The van der Waals surface area contributed by atoms with E-state index in [2.05, 4.69) is 13.8 Å². The Morgan fingerprint density at radius 1 is 1.11 bits per heavy atom. The first kappa shape index (κ1) is 22.0. The number of nitrogens with zero attached hydrogens (tertiary/aromatic N) is 1. The summed E-state index contributed by atoms with van der Waals surface area (Å²) in [6, 6.07) is 7.89. The highest BCUT2D eigenvalue weighted by Gasteiger charge is 2.29. The van der Waals surface area contributed by atoms with E-state index in [0.29, 0.717) is 12.5 Å². The van der Waals surface area contributed by atoms with Crippen molar-refractivity contribution >= 4 is 28.5 Å². The molecule has 0 atom stereocenters. The molecular weight excluding hydrogens is 354 g/mol. The summed E-state index contributed by atoms with van der Waals surface area (Å²) in [7, 11) is 0. The molecule has 2 rings (SSSR count). The lowest BCUT2D eigenvalue weighted by molar-refractivity contribution is -0.123. The van der Waals surface area contributed by atoms with Gasteiger partial charge in [-0.25, -0.2) is 0 Å². The maximum atomic E-state index is 13.4. The van der Waals surface area contributed by atoms with Gasteiger partial charge in [-0.2, -0.15) is 0 Å². The van der Waals surface area contributed by atoms with E-state index in [4.69, 9.17) is 0 Å². The van der Waals surface area contributed by atoms with Gasteiger partial charge >= 0.3 is 0 Å². The van der Waals surface area contributed by atoms with Crippen LogP contribution < -0.4 is 4.90 Å². The van der Waals surface area contributed by atoms with E-state index >= 15 is 0 Å². The van der Waals surface area contributed by atoms with Crippen LogP contribution in [0.4, 0.5) is 5.69 Å². The molecule has 4 heteroatoms. The van der Waals surface area contributed by atoms with Gasteiger partial charge in [-0.3, -0.25) is 9.59 Å². The molecule has 0 heterocycles. The van der Waals surface area contributed by atoms with Crippen LogP contribution in [0.5, 0.6) is 0 Å². The smallest absolute Gasteiger partial charge is 0.230 e. The summed E-state index contributed by atoms with van der Waals surface area (Å²) in [6.07, 6.45) is 6.48. The molecule has 1 aromatic rings. The summed E-state index contributed by atoms with van der Waals surface area (Å²) >= 11 is 1.27. The monoisotopic (exact) mass is 389 g/mol. The van der Waals surface area contributed by atoms with E-state index in [9.17, 15) is 9.59 Å². The van der Waals surface area contributed by atoms with Crippen molar-refractivity contribution in [3.8, 4) is 0 Å². The van der Waals surface area contributed by atoms with Gasteiger partial charge in [0.25, 0.3) is 0 Å². The number of carbonyl (C=O) groups is 2. The molecule has 1 aromatic carbocycles. The number of rotatable bonds is 6. The molecule has 0 radical (unpaired) electrons. The average Bonchev–Trinajstić information content (AvgIpc) is 2.62.